The van der Waals surface area contributed by atoms with Crippen LogP contribution in [0.2, 0.25) is 0 Å². The van der Waals surface area contributed by atoms with Gasteiger partial charge >= 0.3 is 24.3 Å². The monoisotopic (exact) mass is 572 g/mol. The van der Waals surface area contributed by atoms with Crippen LogP contribution in [0.3, 0.4) is 0 Å². The molecule has 2 heterocycles. The molecule has 0 fully saturated rings. The van der Waals surface area contributed by atoms with Crippen LogP contribution in [0, 0.1) is 0 Å². The first-order valence-electron chi connectivity index (χ1n) is 11.0. The molecule has 4 aromatic rings. The fraction of sp³-hybridized carbons (Fsp3) is 0.200. The van der Waals surface area contributed by atoms with Gasteiger partial charge in [-0.2, -0.15) is 26.3 Å². The van der Waals surface area contributed by atoms with Crippen LogP contribution in [0.5, 0.6) is 5.75 Å². The number of pyridine rings is 1. The average molecular weight is 572 g/mol. The van der Waals surface area contributed by atoms with Gasteiger partial charge in [-0.25, -0.2) is 14.6 Å². The number of methoxy groups -OCH3 is 1. The number of halogens is 6. The normalized spacial score (nSPS) is 11.9. The van der Waals surface area contributed by atoms with Crippen LogP contribution in [0.15, 0.2) is 67.0 Å². The molecule has 40 heavy (non-hydrogen) atoms. The Morgan fingerprint density at radius 2 is 1.43 bits per heavy atom. The molecular weight excluding hydrogens is 550 g/mol. The summed E-state index contributed by atoms with van der Waals surface area (Å²) in [6, 6.07) is 17.9. The van der Waals surface area contributed by atoms with Crippen LogP contribution in [-0.2, 0) is 16.0 Å². The molecule has 15 heteroatoms. The minimum absolute atomic E-state index is 0.194. The van der Waals surface area contributed by atoms with Gasteiger partial charge in [-0.05, 0) is 59.5 Å². The first-order valence-corrected chi connectivity index (χ1v) is 11.0. The number of aromatic nitrogens is 3. The van der Waals surface area contributed by atoms with Gasteiger partial charge in [0.15, 0.2) is 0 Å². The van der Waals surface area contributed by atoms with Gasteiger partial charge < -0.3 is 25.7 Å². The standard InChI is InChI=1S/C21H20N4O.2C2HF3O2/c1-26-17-5-2-14(3-6-17)12-18(22)21-24-19-7-4-16(13-20(19)25-21)15-8-10-23-11-9-15;2*3-2(4,5)1(6)7/h2-11,13,18H,12,22H2,1H3,(H,24,25);2*(H,6,7)/t18-;;/m1../s1. The Morgan fingerprint density at radius 1 is 0.900 bits per heavy atom. The van der Waals surface area contributed by atoms with Crippen LogP contribution < -0.4 is 10.5 Å². The lowest BCUT2D eigenvalue weighted by molar-refractivity contribution is -0.193. The van der Waals surface area contributed by atoms with Gasteiger partial charge in [0.05, 0.1) is 24.2 Å². The van der Waals surface area contributed by atoms with Crippen molar-refractivity contribution >= 4 is 23.0 Å². The van der Waals surface area contributed by atoms with E-state index in [9.17, 15) is 26.3 Å². The maximum atomic E-state index is 10.6. The molecule has 0 saturated carbocycles. The van der Waals surface area contributed by atoms with Crippen LogP contribution in [0.4, 0.5) is 26.3 Å². The molecule has 5 N–H and O–H groups in total. The molecule has 0 aliphatic carbocycles. The Morgan fingerprint density at radius 3 is 1.90 bits per heavy atom. The number of H-pyrrole nitrogens is 1. The molecule has 2 aromatic carbocycles. The van der Waals surface area contributed by atoms with E-state index < -0.39 is 24.3 Å². The molecule has 0 bridgehead atoms. The quantitative estimate of drug-likeness (QED) is 0.240. The first-order chi connectivity index (χ1) is 18.6. The summed E-state index contributed by atoms with van der Waals surface area (Å²) >= 11 is 0. The van der Waals surface area contributed by atoms with Crippen LogP contribution >= 0.6 is 0 Å². The van der Waals surface area contributed by atoms with E-state index in [1.807, 2.05) is 42.5 Å². The number of hydrogen-bond donors (Lipinski definition) is 4. The lowest BCUT2D eigenvalue weighted by Crippen LogP contribution is -2.21. The maximum Gasteiger partial charge on any atom is 0.490 e. The lowest BCUT2D eigenvalue weighted by Gasteiger charge is -2.09. The molecule has 0 aliphatic rings. The van der Waals surface area contributed by atoms with E-state index in [2.05, 4.69) is 27.1 Å². The number of nitrogens with one attached hydrogen (secondary N) is 1. The Labute approximate surface area is 222 Å². The number of carboxylic acids is 2. The van der Waals surface area contributed by atoms with Crippen LogP contribution in [-0.4, -0.2) is 56.6 Å². The number of rotatable bonds is 5. The SMILES string of the molecule is COc1ccc(C[C@@H](N)c2nc3ccc(-c4ccncc4)cc3[nH]2)cc1.O=C(O)C(F)(F)F.O=C(O)C(F)(F)F. The number of carboxylic acid groups (broad SMARTS) is 2. The second-order valence-corrected chi connectivity index (χ2v) is 7.85. The highest BCUT2D eigenvalue weighted by Crippen LogP contribution is 2.25. The number of carbonyl (C=O) groups is 2. The van der Waals surface area contributed by atoms with Gasteiger partial charge in [0.1, 0.15) is 11.6 Å². The van der Waals surface area contributed by atoms with Crippen LogP contribution in [0.25, 0.3) is 22.2 Å². The molecule has 0 saturated heterocycles. The van der Waals surface area contributed by atoms with Crippen molar-refractivity contribution in [3.63, 3.8) is 0 Å². The van der Waals surface area contributed by atoms with Crippen molar-refractivity contribution in [2.75, 3.05) is 7.11 Å². The van der Waals surface area contributed by atoms with E-state index in [1.165, 1.54) is 0 Å². The van der Waals surface area contributed by atoms with E-state index in [1.54, 1.807) is 19.5 Å². The predicted molar refractivity (Wildman–Crippen MR) is 130 cm³/mol. The van der Waals surface area contributed by atoms with Crippen molar-refractivity contribution in [3.05, 3.63) is 78.4 Å². The number of nitrogens with zero attached hydrogens (tertiary/aromatic N) is 2. The number of imidazole rings is 1. The summed E-state index contributed by atoms with van der Waals surface area (Å²) in [7, 11) is 1.66. The molecule has 1 atom stereocenters. The van der Waals surface area contributed by atoms with Crippen molar-refractivity contribution in [3.8, 4) is 16.9 Å². The molecule has 0 radical (unpaired) electrons. The molecule has 9 nitrogen and oxygen atoms in total. The third kappa shape index (κ3) is 9.58. The van der Waals surface area contributed by atoms with Crippen molar-refractivity contribution in [2.24, 2.45) is 5.73 Å². The number of hydrogen-bond acceptors (Lipinski definition) is 6. The summed E-state index contributed by atoms with van der Waals surface area (Å²) in [5.74, 6) is -3.88. The summed E-state index contributed by atoms with van der Waals surface area (Å²) in [6.45, 7) is 0. The summed E-state index contributed by atoms with van der Waals surface area (Å²) < 4.78 is 68.7. The lowest BCUT2D eigenvalue weighted by atomic mass is 10.1. The second kappa shape index (κ2) is 13.4. The first kappa shape index (κ1) is 31.6. The Balaban J connectivity index is 0.000000333. The largest absolute Gasteiger partial charge is 0.497 e. The van der Waals surface area contributed by atoms with Crippen molar-refractivity contribution in [1.82, 2.24) is 15.0 Å². The number of alkyl halides is 6. The Hall–Kier alpha value is -4.66. The minimum Gasteiger partial charge on any atom is -0.497 e. The molecule has 0 unspecified atom stereocenters. The topological polar surface area (TPSA) is 151 Å². The highest BCUT2D eigenvalue weighted by Gasteiger charge is 2.38. The summed E-state index contributed by atoms with van der Waals surface area (Å²) in [5, 5.41) is 14.2. The zero-order valence-corrected chi connectivity index (χ0v) is 20.5. The zero-order valence-electron chi connectivity index (χ0n) is 20.5. The number of benzene rings is 2. The van der Waals surface area contributed by atoms with Gasteiger partial charge in [-0.15, -0.1) is 0 Å². The van der Waals surface area contributed by atoms with E-state index in [0.717, 1.165) is 39.3 Å². The second-order valence-electron chi connectivity index (χ2n) is 7.85. The van der Waals surface area contributed by atoms with E-state index in [4.69, 9.17) is 30.3 Å². The number of fused-ring (bicyclic) bond motifs is 1. The summed E-state index contributed by atoms with van der Waals surface area (Å²) in [6.07, 6.45) is -5.87. The minimum atomic E-state index is -5.08. The van der Waals surface area contributed by atoms with E-state index >= 15 is 0 Å². The maximum absolute atomic E-state index is 10.6. The fourth-order valence-corrected chi connectivity index (χ4v) is 3.04. The van der Waals surface area contributed by atoms with Crippen molar-refractivity contribution in [2.45, 2.75) is 24.8 Å². The summed E-state index contributed by atoms with van der Waals surface area (Å²) in [4.78, 5) is 29.9. The number of aromatic amines is 1. The number of aliphatic carboxylic acids is 2. The van der Waals surface area contributed by atoms with Gasteiger partial charge in [-0.3, -0.25) is 4.98 Å². The van der Waals surface area contributed by atoms with Crippen molar-refractivity contribution < 1.29 is 50.9 Å². The molecular formula is C25H22F6N4O5. The summed E-state index contributed by atoms with van der Waals surface area (Å²) in [5.41, 5.74) is 11.7. The Kier molecular flexibility index (Phi) is 10.6. The fourth-order valence-electron chi connectivity index (χ4n) is 3.04. The molecule has 0 aliphatic heterocycles. The van der Waals surface area contributed by atoms with Crippen LogP contribution in [0.1, 0.15) is 17.4 Å². The zero-order chi connectivity index (χ0) is 30.1. The van der Waals surface area contributed by atoms with Gasteiger partial charge in [0, 0.05) is 12.4 Å². The third-order valence-electron chi connectivity index (χ3n) is 4.96. The molecule has 214 valence electrons. The average Bonchev–Trinajstić information content (AvgIpc) is 3.33. The van der Waals surface area contributed by atoms with E-state index in [-0.39, 0.29) is 6.04 Å². The van der Waals surface area contributed by atoms with Crippen molar-refractivity contribution in [1.29, 1.82) is 0 Å². The number of ether oxygens (including phenoxy) is 1. The predicted octanol–water partition coefficient (Wildman–Crippen LogP) is 5.14. The highest BCUT2D eigenvalue weighted by molar-refractivity contribution is 5.82. The van der Waals surface area contributed by atoms with Gasteiger partial charge in [0.25, 0.3) is 0 Å². The third-order valence-corrected chi connectivity index (χ3v) is 4.96. The van der Waals surface area contributed by atoms with Gasteiger partial charge in [0.2, 0.25) is 0 Å². The molecule has 2 aromatic heterocycles. The smallest absolute Gasteiger partial charge is 0.490 e. The molecule has 0 amide bonds. The molecule has 0 spiro atoms. The van der Waals surface area contributed by atoms with E-state index in [0.29, 0.717) is 6.42 Å². The molecule has 4 rings (SSSR count). The van der Waals surface area contributed by atoms with Gasteiger partial charge in [-0.1, -0.05) is 18.2 Å². The Bertz CT molecular complexity index is 1380. The number of nitrogens with two attached hydrogens (primary N) is 1. The highest BCUT2D eigenvalue weighted by atomic mass is 19.4.